The first-order chi connectivity index (χ1) is 17.5. The van der Waals surface area contributed by atoms with Crippen molar-refractivity contribution in [3.63, 3.8) is 0 Å². The summed E-state index contributed by atoms with van der Waals surface area (Å²) >= 11 is 1.15. The van der Waals surface area contributed by atoms with Gasteiger partial charge in [-0.2, -0.15) is 0 Å². The van der Waals surface area contributed by atoms with Crippen molar-refractivity contribution in [1.82, 2.24) is 4.90 Å². The second-order valence-corrected chi connectivity index (χ2v) is 13.4. The SMILES string of the molecule is CC1CCC(C(=O)N(c2cc(C#CC(C)(C)C)sc2C(=O)O)[C@@H]2CCC(=O)C(CN3CCCC3)C2)CC1. The molecule has 2 aliphatic carbocycles. The van der Waals surface area contributed by atoms with E-state index in [1.165, 1.54) is 12.8 Å². The maximum absolute atomic E-state index is 14.1. The van der Waals surface area contributed by atoms with Crippen LogP contribution in [0.25, 0.3) is 0 Å². The highest BCUT2D eigenvalue weighted by Gasteiger charge is 2.40. The van der Waals surface area contributed by atoms with Gasteiger partial charge in [-0.3, -0.25) is 9.59 Å². The van der Waals surface area contributed by atoms with E-state index in [4.69, 9.17) is 0 Å². The summed E-state index contributed by atoms with van der Waals surface area (Å²) in [4.78, 5) is 44.4. The number of carboxylic acids is 1. The van der Waals surface area contributed by atoms with Gasteiger partial charge in [-0.1, -0.05) is 18.8 Å². The molecule has 1 unspecified atom stereocenters. The zero-order valence-corrected chi connectivity index (χ0v) is 23.7. The molecule has 2 saturated carbocycles. The van der Waals surface area contributed by atoms with E-state index < -0.39 is 5.97 Å². The maximum atomic E-state index is 14.1. The number of carbonyl (C=O) groups excluding carboxylic acids is 2. The molecule has 1 N–H and O–H groups in total. The van der Waals surface area contributed by atoms with E-state index in [-0.39, 0.29) is 39.9 Å². The van der Waals surface area contributed by atoms with Crippen molar-refractivity contribution in [3.8, 4) is 11.8 Å². The molecule has 0 bridgehead atoms. The van der Waals surface area contributed by atoms with Gasteiger partial charge in [0.05, 0.1) is 10.6 Å². The van der Waals surface area contributed by atoms with Crippen LogP contribution in [0.4, 0.5) is 5.69 Å². The Kier molecular flexibility index (Phi) is 8.81. The Morgan fingerprint density at radius 1 is 1.14 bits per heavy atom. The van der Waals surface area contributed by atoms with Crippen molar-refractivity contribution in [2.75, 3.05) is 24.5 Å². The minimum absolute atomic E-state index is 0.0294. The Hall–Kier alpha value is -2.17. The van der Waals surface area contributed by atoms with E-state index in [9.17, 15) is 19.5 Å². The number of aromatic carboxylic acids is 1. The number of nitrogens with zero attached hydrogens (tertiary/aromatic N) is 2. The van der Waals surface area contributed by atoms with Crippen LogP contribution in [0.1, 0.15) is 100 Å². The molecular formula is C30H42N2O4S. The van der Waals surface area contributed by atoms with Crippen molar-refractivity contribution in [2.45, 2.75) is 91.5 Å². The number of ketones is 1. The van der Waals surface area contributed by atoms with E-state index in [0.29, 0.717) is 35.7 Å². The Morgan fingerprint density at radius 3 is 2.43 bits per heavy atom. The van der Waals surface area contributed by atoms with E-state index in [2.05, 4.69) is 23.7 Å². The van der Waals surface area contributed by atoms with Crippen molar-refractivity contribution >= 4 is 34.7 Å². The summed E-state index contributed by atoms with van der Waals surface area (Å²) in [5, 5.41) is 10.1. The number of anilines is 1. The van der Waals surface area contributed by atoms with Crippen LogP contribution >= 0.6 is 11.3 Å². The molecule has 2 atom stereocenters. The van der Waals surface area contributed by atoms with Crippen molar-refractivity contribution < 1.29 is 19.5 Å². The van der Waals surface area contributed by atoms with Gasteiger partial charge in [0.2, 0.25) is 5.91 Å². The Bertz CT molecular complexity index is 1060. The van der Waals surface area contributed by atoms with Crippen LogP contribution in [0.15, 0.2) is 6.07 Å². The summed E-state index contributed by atoms with van der Waals surface area (Å²) in [5.74, 6) is 6.04. The minimum atomic E-state index is -1.03. The third-order valence-corrected chi connectivity index (χ3v) is 9.14. The van der Waals surface area contributed by atoms with Crippen LogP contribution in [0.2, 0.25) is 0 Å². The highest BCUT2D eigenvalue weighted by atomic mass is 32.1. The molecule has 3 aliphatic rings. The van der Waals surface area contributed by atoms with Crippen LogP contribution in [-0.4, -0.2) is 53.3 Å². The molecule has 2 heterocycles. The fourth-order valence-corrected chi connectivity index (χ4v) is 6.84. The van der Waals surface area contributed by atoms with Gasteiger partial charge >= 0.3 is 5.97 Å². The first kappa shape index (κ1) is 27.9. The van der Waals surface area contributed by atoms with Gasteiger partial charge in [0.25, 0.3) is 0 Å². The summed E-state index contributed by atoms with van der Waals surface area (Å²) in [7, 11) is 0. The Morgan fingerprint density at radius 2 is 1.81 bits per heavy atom. The van der Waals surface area contributed by atoms with Crippen LogP contribution in [-0.2, 0) is 9.59 Å². The minimum Gasteiger partial charge on any atom is -0.477 e. The zero-order chi connectivity index (χ0) is 26.7. The predicted octanol–water partition coefficient (Wildman–Crippen LogP) is 5.84. The fourth-order valence-electron chi connectivity index (χ4n) is 6.00. The zero-order valence-electron chi connectivity index (χ0n) is 22.8. The lowest BCUT2D eigenvalue weighted by Gasteiger charge is -2.40. The number of carboxylic acid groups (broad SMARTS) is 1. The molecule has 0 spiro atoms. The first-order valence-electron chi connectivity index (χ1n) is 14.0. The van der Waals surface area contributed by atoms with Crippen LogP contribution in [0.5, 0.6) is 0 Å². The van der Waals surface area contributed by atoms with E-state index >= 15 is 0 Å². The Balaban J connectivity index is 1.68. The molecule has 3 fully saturated rings. The second-order valence-electron chi connectivity index (χ2n) is 12.4. The van der Waals surface area contributed by atoms with Gasteiger partial charge in [0.15, 0.2) is 0 Å². The average molecular weight is 527 g/mol. The van der Waals surface area contributed by atoms with E-state index in [1.54, 1.807) is 4.90 Å². The van der Waals surface area contributed by atoms with E-state index in [0.717, 1.165) is 56.7 Å². The molecule has 37 heavy (non-hydrogen) atoms. The summed E-state index contributed by atoms with van der Waals surface area (Å²) in [6, 6.07) is 1.63. The van der Waals surface area contributed by atoms with Crippen molar-refractivity contribution in [3.05, 3.63) is 15.8 Å². The monoisotopic (exact) mass is 526 g/mol. The number of thiophene rings is 1. The number of rotatable bonds is 6. The smallest absolute Gasteiger partial charge is 0.348 e. The molecule has 0 radical (unpaired) electrons. The summed E-state index contributed by atoms with van der Waals surface area (Å²) < 4.78 is 0. The summed E-state index contributed by atoms with van der Waals surface area (Å²) in [5.41, 5.74) is 0.257. The lowest BCUT2D eigenvalue weighted by atomic mass is 9.80. The number of hydrogen-bond donors (Lipinski definition) is 1. The number of hydrogen-bond acceptors (Lipinski definition) is 5. The number of carbonyl (C=O) groups is 3. The quantitative estimate of drug-likeness (QED) is 0.472. The molecule has 1 aliphatic heterocycles. The number of amides is 1. The van der Waals surface area contributed by atoms with Crippen LogP contribution < -0.4 is 4.90 Å². The van der Waals surface area contributed by atoms with Crippen molar-refractivity contribution in [2.24, 2.45) is 23.2 Å². The Labute approximate surface area is 225 Å². The topological polar surface area (TPSA) is 77.9 Å². The first-order valence-corrected chi connectivity index (χ1v) is 14.8. The van der Waals surface area contributed by atoms with Gasteiger partial charge in [-0.05, 0) is 97.2 Å². The average Bonchev–Trinajstić information content (AvgIpc) is 3.50. The largest absolute Gasteiger partial charge is 0.477 e. The maximum Gasteiger partial charge on any atom is 0.348 e. The van der Waals surface area contributed by atoms with Gasteiger partial charge in [-0.15, -0.1) is 11.3 Å². The molecule has 1 amide bonds. The molecule has 4 rings (SSSR count). The molecule has 6 nitrogen and oxygen atoms in total. The molecule has 0 aromatic carbocycles. The third-order valence-electron chi connectivity index (χ3n) is 8.11. The van der Waals surface area contributed by atoms with Crippen LogP contribution in [0.3, 0.4) is 0 Å². The van der Waals surface area contributed by atoms with E-state index in [1.807, 2.05) is 26.8 Å². The molecule has 1 saturated heterocycles. The normalized spacial score (nSPS) is 27.0. The molecule has 1 aromatic heterocycles. The molecule has 202 valence electrons. The van der Waals surface area contributed by atoms with Crippen molar-refractivity contribution in [1.29, 1.82) is 0 Å². The number of Topliss-reactive ketones (excluding diaryl/α,β-unsaturated/α-hetero) is 1. The molecule has 7 heteroatoms. The summed E-state index contributed by atoms with van der Waals surface area (Å²) in [6.07, 6.45) is 7.67. The molecular weight excluding hydrogens is 484 g/mol. The predicted molar refractivity (Wildman–Crippen MR) is 148 cm³/mol. The lowest BCUT2D eigenvalue weighted by molar-refractivity contribution is -0.128. The van der Waals surface area contributed by atoms with Gasteiger partial charge in [-0.25, -0.2) is 4.79 Å². The standard InChI is InChI=1S/C30H42N2O4S/c1-20-7-9-21(10-8-20)28(34)32(23-11-12-26(33)22(17-23)19-31-15-5-6-16-31)25-18-24(13-14-30(2,3)4)37-27(25)29(35)36/h18,20-23H,5-12,15-17,19H2,1-4H3,(H,35,36)/t20?,21?,22?,23-/m1/s1. The fraction of sp³-hybridized carbons (Fsp3) is 0.700. The summed E-state index contributed by atoms with van der Waals surface area (Å²) in [6.45, 7) is 11.1. The van der Waals surface area contributed by atoms with Gasteiger partial charge < -0.3 is 14.9 Å². The van der Waals surface area contributed by atoms with Gasteiger partial charge in [0, 0.05) is 36.3 Å². The number of likely N-dealkylation sites (tertiary alicyclic amines) is 1. The highest BCUT2D eigenvalue weighted by Crippen LogP contribution is 2.39. The highest BCUT2D eigenvalue weighted by molar-refractivity contribution is 7.15. The third kappa shape index (κ3) is 7.03. The van der Waals surface area contributed by atoms with Crippen LogP contribution in [0, 0.1) is 35.0 Å². The molecule has 1 aromatic rings. The van der Waals surface area contributed by atoms with Gasteiger partial charge in [0.1, 0.15) is 10.7 Å². The second kappa shape index (κ2) is 11.7. The lowest BCUT2D eigenvalue weighted by Crippen LogP contribution is -2.49.